The molecule has 9 nitrogen and oxygen atoms in total. The first-order chi connectivity index (χ1) is 21.4. The van der Waals surface area contributed by atoms with Crippen molar-refractivity contribution in [2.24, 2.45) is 0 Å². The Morgan fingerprint density at radius 3 is 2.55 bits per heavy atom. The maximum absolute atomic E-state index is 13.8. The molecule has 0 aliphatic carbocycles. The van der Waals surface area contributed by atoms with E-state index in [9.17, 15) is 14.3 Å². The van der Waals surface area contributed by atoms with Crippen LogP contribution in [0.2, 0.25) is 10.0 Å². The predicted molar refractivity (Wildman–Crippen MR) is 163 cm³/mol. The maximum atomic E-state index is 13.8. The molecule has 1 heterocycles. The summed E-state index contributed by atoms with van der Waals surface area (Å²) in [7, 11) is 0. The van der Waals surface area contributed by atoms with Crippen LogP contribution in [0.4, 0.5) is 4.39 Å². The summed E-state index contributed by atoms with van der Waals surface area (Å²) in [6, 6.07) is 19.4. The second-order valence-corrected chi connectivity index (χ2v) is 10.5. The molecule has 1 atom stereocenters. The zero-order valence-corrected chi connectivity index (χ0v) is 25.1. The van der Waals surface area contributed by atoms with Crippen molar-refractivity contribution in [2.75, 3.05) is 13.2 Å². The minimum Gasteiger partial charge on any atom is -0.488 e. The minimum atomic E-state index is -0.938. The van der Waals surface area contributed by atoms with Crippen LogP contribution in [0.3, 0.4) is 0 Å². The number of benzene rings is 4. The molecule has 5 rings (SSSR count). The summed E-state index contributed by atoms with van der Waals surface area (Å²) in [5.74, 6) is -0.178. The first kappa shape index (κ1) is 31.2. The molecule has 0 amide bonds. The number of hydrogen-bond acceptors (Lipinski definition) is 9. The zero-order valence-electron chi connectivity index (χ0n) is 23.6. The number of aromatic nitrogens is 2. The van der Waals surface area contributed by atoms with Gasteiger partial charge in [-0.2, -0.15) is 0 Å². The maximum Gasteiger partial charge on any atom is 0.325 e. The number of fused-ring (bicyclic) bond motifs is 1. The Bertz CT molecular complexity index is 1770. The van der Waals surface area contributed by atoms with Gasteiger partial charge in [-0.1, -0.05) is 59.6 Å². The molecular weight excluding hydrogens is 612 g/mol. The Morgan fingerprint density at radius 2 is 1.75 bits per heavy atom. The lowest BCUT2D eigenvalue weighted by atomic mass is 10.0. The van der Waals surface area contributed by atoms with Crippen LogP contribution in [0.15, 0.2) is 77.4 Å². The van der Waals surface area contributed by atoms with Crippen LogP contribution in [-0.4, -0.2) is 40.6 Å². The van der Waals surface area contributed by atoms with Crippen LogP contribution in [0.25, 0.3) is 22.2 Å². The highest BCUT2D eigenvalue weighted by atomic mass is 35.5. The topological polar surface area (TPSA) is 116 Å². The van der Waals surface area contributed by atoms with E-state index in [1.807, 2.05) is 24.3 Å². The molecule has 0 aliphatic heterocycles. The number of aliphatic hydroxyl groups excluding tert-OH is 1. The lowest BCUT2D eigenvalue weighted by molar-refractivity contribution is -0.146. The fourth-order valence-corrected chi connectivity index (χ4v) is 4.99. The Hall–Kier alpha value is -4.22. The van der Waals surface area contributed by atoms with Gasteiger partial charge in [-0.05, 0) is 58.7 Å². The zero-order chi connectivity index (χ0) is 31.1. The average Bonchev–Trinajstić information content (AvgIpc) is 3.49. The van der Waals surface area contributed by atoms with Gasteiger partial charge >= 0.3 is 5.97 Å². The highest BCUT2D eigenvalue weighted by molar-refractivity contribution is 6.34. The van der Waals surface area contributed by atoms with Crippen molar-refractivity contribution in [3.63, 3.8) is 0 Å². The van der Waals surface area contributed by atoms with E-state index >= 15 is 0 Å². The van der Waals surface area contributed by atoms with Gasteiger partial charge < -0.3 is 19.3 Å². The van der Waals surface area contributed by atoms with Crippen molar-refractivity contribution < 1.29 is 33.1 Å². The van der Waals surface area contributed by atoms with Gasteiger partial charge in [0, 0.05) is 29.3 Å². The monoisotopic (exact) mass is 639 g/mol. The van der Waals surface area contributed by atoms with E-state index in [0.717, 1.165) is 5.56 Å². The largest absolute Gasteiger partial charge is 0.488 e. The van der Waals surface area contributed by atoms with Crippen LogP contribution >= 0.6 is 23.2 Å². The molecule has 0 aliphatic rings. The lowest BCUT2D eigenvalue weighted by Crippen LogP contribution is -2.40. The van der Waals surface area contributed by atoms with Gasteiger partial charge in [0.15, 0.2) is 0 Å². The summed E-state index contributed by atoms with van der Waals surface area (Å²) < 4.78 is 35.9. The summed E-state index contributed by atoms with van der Waals surface area (Å²) >= 11 is 13.3. The molecule has 0 radical (unpaired) electrons. The van der Waals surface area contributed by atoms with Crippen molar-refractivity contribution in [3.8, 4) is 22.6 Å². The number of halogens is 3. The Kier molecular flexibility index (Phi) is 10.3. The fourth-order valence-electron chi connectivity index (χ4n) is 4.46. The van der Waals surface area contributed by atoms with Crippen molar-refractivity contribution in [1.82, 2.24) is 15.6 Å². The van der Waals surface area contributed by atoms with Gasteiger partial charge in [-0.15, -0.1) is 0 Å². The summed E-state index contributed by atoms with van der Waals surface area (Å²) in [6.45, 7) is 1.79. The van der Waals surface area contributed by atoms with E-state index in [4.69, 9.17) is 42.0 Å². The van der Waals surface area contributed by atoms with Crippen LogP contribution in [-0.2, 0) is 29.3 Å². The Balaban J connectivity index is 1.38. The van der Waals surface area contributed by atoms with Gasteiger partial charge in [-0.3, -0.25) is 10.1 Å². The third kappa shape index (κ3) is 7.46. The van der Waals surface area contributed by atoms with Crippen molar-refractivity contribution in [3.05, 3.63) is 105 Å². The third-order valence-electron chi connectivity index (χ3n) is 6.72. The van der Waals surface area contributed by atoms with Crippen molar-refractivity contribution >= 4 is 40.2 Å². The van der Waals surface area contributed by atoms with E-state index in [0.29, 0.717) is 54.8 Å². The molecule has 1 unspecified atom stereocenters. The summed E-state index contributed by atoms with van der Waals surface area (Å²) in [4.78, 5) is 12.2. The highest BCUT2D eigenvalue weighted by Gasteiger charge is 2.20. The molecule has 0 spiro atoms. The molecule has 2 N–H and O–H groups in total. The second kappa shape index (κ2) is 14.5. The Morgan fingerprint density at radius 1 is 0.955 bits per heavy atom. The molecule has 0 saturated heterocycles. The van der Waals surface area contributed by atoms with Gasteiger partial charge in [-0.25, -0.2) is 9.02 Å². The molecule has 1 aromatic heterocycles. The van der Waals surface area contributed by atoms with E-state index in [2.05, 4.69) is 15.6 Å². The van der Waals surface area contributed by atoms with Crippen LogP contribution in [0.1, 0.15) is 23.6 Å². The normalized spacial score (nSPS) is 11.8. The molecule has 0 saturated carbocycles. The number of carbonyl (C=O) groups excluding carboxylic acids is 1. The van der Waals surface area contributed by atoms with E-state index in [1.54, 1.807) is 43.3 Å². The van der Waals surface area contributed by atoms with E-state index in [-0.39, 0.29) is 32.2 Å². The van der Waals surface area contributed by atoms with Gasteiger partial charge in [0.05, 0.1) is 23.3 Å². The molecule has 4 aromatic carbocycles. The molecule has 12 heteroatoms. The number of rotatable bonds is 13. The fraction of sp³-hybridized carbons (Fsp3) is 0.219. The van der Waals surface area contributed by atoms with Gasteiger partial charge in [0.2, 0.25) is 0 Å². The highest BCUT2D eigenvalue weighted by Crippen LogP contribution is 2.36. The number of hydrogen-bond donors (Lipinski definition) is 2. The smallest absolute Gasteiger partial charge is 0.325 e. The van der Waals surface area contributed by atoms with E-state index in [1.165, 1.54) is 12.1 Å². The van der Waals surface area contributed by atoms with Crippen molar-refractivity contribution in [1.29, 1.82) is 0 Å². The number of nitrogens with one attached hydrogen (secondary N) is 1. The summed E-state index contributed by atoms with van der Waals surface area (Å²) in [5, 5.41) is 21.1. The molecule has 0 fully saturated rings. The second-order valence-electron chi connectivity index (χ2n) is 9.71. The quantitative estimate of drug-likeness (QED) is 0.139. The standard InChI is InChI=1S/C32H28Cl2FN3O6/c1-2-41-32(40)28(16-39)36-15-22-13-25(33)30(14-29(22)42-17-19-9-10-26-27(11-19)38-44-37-26)43-18-21-6-4-8-24(31(21)34)20-5-3-7-23(35)12-20/h3-14,28,36,39H,2,15-18H2,1H3. The summed E-state index contributed by atoms with van der Waals surface area (Å²) in [5.41, 5.74) is 4.62. The lowest BCUT2D eigenvalue weighted by Gasteiger charge is -2.19. The number of esters is 1. The first-order valence-electron chi connectivity index (χ1n) is 13.7. The number of carbonyl (C=O) groups is 1. The predicted octanol–water partition coefficient (Wildman–Crippen LogP) is 6.51. The van der Waals surface area contributed by atoms with Crippen LogP contribution in [0, 0.1) is 5.82 Å². The molecule has 5 aromatic rings. The number of nitrogens with zero attached hydrogens (tertiary/aromatic N) is 2. The average molecular weight is 640 g/mol. The minimum absolute atomic E-state index is 0.0734. The molecule has 0 bridgehead atoms. The first-order valence-corrected chi connectivity index (χ1v) is 14.4. The van der Waals surface area contributed by atoms with E-state index < -0.39 is 18.6 Å². The molecule has 228 valence electrons. The van der Waals surface area contributed by atoms with Gasteiger partial charge in [0.1, 0.15) is 47.6 Å². The van der Waals surface area contributed by atoms with Crippen LogP contribution < -0.4 is 14.8 Å². The third-order valence-corrected chi connectivity index (χ3v) is 7.46. The summed E-state index contributed by atoms with van der Waals surface area (Å²) in [6.07, 6.45) is 0. The molecule has 44 heavy (non-hydrogen) atoms. The number of ether oxygens (including phenoxy) is 3. The van der Waals surface area contributed by atoms with Crippen molar-refractivity contribution in [2.45, 2.75) is 32.7 Å². The SMILES string of the molecule is CCOC(=O)C(CO)NCc1cc(Cl)c(OCc2cccc(-c3cccc(F)c3)c2Cl)cc1OCc1ccc2nonc2c1. The van der Waals surface area contributed by atoms with Gasteiger partial charge in [0.25, 0.3) is 0 Å². The molecular formula is C32H28Cl2FN3O6. The van der Waals surface area contributed by atoms with Crippen LogP contribution in [0.5, 0.6) is 11.5 Å². The number of aliphatic hydroxyl groups is 1. The Labute approximate surface area is 262 Å².